The predicted octanol–water partition coefficient (Wildman–Crippen LogP) is 2.55. The van der Waals surface area contributed by atoms with Crippen molar-refractivity contribution >= 4 is 5.91 Å². The fourth-order valence-electron chi connectivity index (χ4n) is 1.74. The molecule has 6 heteroatoms. The van der Waals surface area contributed by atoms with Crippen LogP contribution in [0.15, 0.2) is 0 Å². The Morgan fingerprint density at radius 1 is 1.33 bits per heavy atom. The molecule has 0 aliphatic heterocycles. The van der Waals surface area contributed by atoms with E-state index in [1.54, 1.807) is 6.92 Å². The van der Waals surface area contributed by atoms with Gasteiger partial charge in [-0.25, -0.2) is 0 Å². The molecular weight excluding hydrogens is 245 g/mol. The molecule has 0 saturated heterocycles. The Balaban J connectivity index is 4.22. The number of hydrogen-bond acceptors (Lipinski definition) is 2. The Morgan fingerprint density at radius 3 is 2.39 bits per heavy atom. The minimum Gasteiger partial charge on any atom is -0.334 e. The third kappa shape index (κ3) is 8.33. The third-order valence-electron chi connectivity index (χ3n) is 2.73. The van der Waals surface area contributed by atoms with Crippen molar-refractivity contribution in [3.8, 4) is 0 Å². The molecule has 0 rings (SSSR count). The highest BCUT2D eigenvalue weighted by Crippen LogP contribution is 2.18. The Morgan fingerprint density at radius 2 is 1.94 bits per heavy atom. The second kappa shape index (κ2) is 8.34. The zero-order valence-electron chi connectivity index (χ0n) is 11.1. The van der Waals surface area contributed by atoms with E-state index in [0.29, 0.717) is 19.4 Å². The van der Waals surface area contributed by atoms with Gasteiger partial charge in [0, 0.05) is 13.0 Å². The Hall–Kier alpha value is -0.780. The lowest BCUT2D eigenvalue weighted by Crippen LogP contribution is -2.39. The molecule has 2 N–H and O–H groups in total. The Bertz CT molecular complexity index is 244. The summed E-state index contributed by atoms with van der Waals surface area (Å²) in [6.07, 6.45) is -2.25. The lowest BCUT2D eigenvalue weighted by atomic mass is 10.0. The van der Waals surface area contributed by atoms with Crippen molar-refractivity contribution in [3.63, 3.8) is 0 Å². The molecule has 0 aromatic heterocycles. The van der Waals surface area contributed by atoms with Gasteiger partial charge in [-0.2, -0.15) is 13.2 Å². The Kier molecular flexibility index (Phi) is 7.98. The minimum atomic E-state index is -4.33. The van der Waals surface area contributed by atoms with Crippen molar-refractivity contribution in [3.05, 3.63) is 0 Å². The van der Waals surface area contributed by atoms with Crippen molar-refractivity contribution < 1.29 is 18.0 Å². The molecule has 0 aliphatic carbocycles. The molecule has 0 spiro atoms. The van der Waals surface area contributed by atoms with E-state index in [1.165, 1.54) is 0 Å². The Labute approximate surface area is 107 Å². The van der Waals surface area contributed by atoms with Crippen molar-refractivity contribution in [2.75, 3.05) is 19.6 Å². The summed E-state index contributed by atoms with van der Waals surface area (Å²) in [6, 6.07) is 0. The first kappa shape index (κ1) is 17.2. The first-order valence-electron chi connectivity index (χ1n) is 6.34. The lowest BCUT2D eigenvalue weighted by molar-refractivity contribution is -0.161. The number of carbonyl (C=O) groups is 1. The quantitative estimate of drug-likeness (QED) is 0.735. The highest BCUT2D eigenvalue weighted by atomic mass is 19.4. The summed E-state index contributed by atoms with van der Waals surface area (Å²) in [5, 5.41) is 0. The van der Waals surface area contributed by atoms with Crippen LogP contribution in [0.2, 0.25) is 0 Å². The highest BCUT2D eigenvalue weighted by Gasteiger charge is 2.32. The molecule has 0 bridgehead atoms. The summed E-state index contributed by atoms with van der Waals surface area (Å²) in [7, 11) is 0. The number of nitrogens with two attached hydrogens (primary N) is 1. The van der Waals surface area contributed by atoms with Crippen molar-refractivity contribution in [2.45, 2.75) is 45.7 Å². The summed E-state index contributed by atoms with van der Waals surface area (Å²) in [6.45, 7) is 3.26. The third-order valence-corrected chi connectivity index (χ3v) is 2.73. The topological polar surface area (TPSA) is 46.3 Å². The van der Waals surface area contributed by atoms with E-state index in [0.717, 1.165) is 11.3 Å². The zero-order chi connectivity index (χ0) is 14.2. The van der Waals surface area contributed by atoms with Crippen LogP contribution in [0.25, 0.3) is 0 Å². The van der Waals surface area contributed by atoms with E-state index in [1.807, 2.05) is 6.92 Å². The van der Waals surface area contributed by atoms with Crippen LogP contribution in [0.4, 0.5) is 13.2 Å². The number of rotatable bonds is 8. The van der Waals surface area contributed by atoms with Gasteiger partial charge in [-0.05, 0) is 31.7 Å². The van der Waals surface area contributed by atoms with E-state index in [4.69, 9.17) is 5.73 Å². The molecule has 0 radical (unpaired) electrons. The molecule has 1 unspecified atom stereocenters. The molecule has 0 aliphatic rings. The van der Waals surface area contributed by atoms with Crippen LogP contribution in [0.1, 0.15) is 39.5 Å². The van der Waals surface area contributed by atoms with Gasteiger partial charge in [-0.15, -0.1) is 0 Å². The van der Waals surface area contributed by atoms with E-state index >= 15 is 0 Å². The summed E-state index contributed by atoms with van der Waals surface area (Å²) < 4.78 is 36.9. The standard InChI is InChI=1S/C12H23F3N2O/c1-3-8-17(9-12(13,14)15)11(18)5-4-10(2)6-7-16/h10H,3-9,16H2,1-2H3. The first-order valence-corrected chi connectivity index (χ1v) is 6.34. The van der Waals surface area contributed by atoms with E-state index in [-0.39, 0.29) is 18.9 Å². The average Bonchev–Trinajstić information content (AvgIpc) is 2.24. The maximum Gasteiger partial charge on any atom is 0.406 e. The number of hydrogen-bond donors (Lipinski definition) is 1. The second-order valence-electron chi connectivity index (χ2n) is 4.65. The van der Waals surface area contributed by atoms with Crippen LogP contribution in [0.5, 0.6) is 0 Å². The van der Waals surface area contributed by atoms with Gasteiger partial charge in [0.15, 0.2) is 0 Å². The summed E-state index contributed by atoms with van der Waals surface area (Å²) in [5.74, 6) is -0.147. The molecule has 108 valence electrons. The van der Waals surface area contributed by atoms with E-state index in [2.05, 4.69) is 0 Å². The highest BCUT2D eigenvalue weighted by molar-refractivity contribution is 5.76. The molecule has 0 fully saturated rings. The molecule has 0 saturated carbocycles. The number of amides is 1. The van der Waals surface area contributed by atoms with Crippen LogP contribution in [-0.4, -0.2) is 36.6 Å². The summed E-state index contributed by atoms with van der Waals surface area (Å²) in [4.78, 5) is 12.6. The van der Waals surface area contributed by atoms with Crippen LogP contribution in [0, 0.1) is 5.92 Å². The fraction of sp³-hybridized carbons (Fsp3) is 0.917. The largest absolute Gasteiger partial charge is 0.406 e. The monoisotopic (exact) mass is 268 g/mol. The molecule has 3 nitrogen and oxygen atoms in total. The van der Waals surface area contributed by atoms with Gasteiger partial charge < -0.3 is 10.6 Å². The molecule has 0 aromatic carbocycles. The average molecular weight is 268 g/mol. The SMILES string of the molecule is CCCN(CC(F)(F)F)C(=O)CCC(C)CCN. The van der Waals surface area contributed by atoms with Crippen LogP contribution in [-0.2, 0) is 4.79 Å². The van der Waals surface area contributed by atoms with Crippen molar-refractivity contribution in [2.24, 2.45) is 11.7 Å². The van der Waals surface area contributed by atoms with Gasteiger partial charge in [-0.1, -0.05) is 13.8 Å². The number of nitrogens with zero attached hydrogens (tertiary/aromatic N) is 1. The zero-order valence-corrected chi connectivity index (χ0v) is 11.1. The number of carbonyl (C=O) groups excluding carboxylic acids is 1. The smallest absolute Gasteiger partial charge is 0.334 e. The van der Waals surface area contributed by atoms with Gasteiger partial charge in [0.1, 0.15) is 6.54 Å². The summed E-state index contributed by atoms with van der Waals surface area (Å²) >= 11 is 0. The predicted molar refractivity (Wildman–Crippen MR) is 65.0 cm³/mol. The fourth-order valence-corrected chi connectivity index (χ4v) is 1.74. The molecule has 1 atom stereocenters. The first-order chi connectivity index (χ1) is 8.30. The molecule has 0 aromatic rings. The van der Waals surface area contributed by atoms with Gasteiger partial charge in [0.2, 0.25) is 5.91 Å². The molecule has 0 heterocycles. The number of halogens is 3. The van der Waals surface area contributed by atoms with E-state index in [9.17, 15) is 18.0 Å². The van der Waals surface area contributed by atoms with Crippen LogP contribution >= 0.6 is 0 Å². The van der Waals surface area contributed by atoms with Crippen molar-refractivity contribution in [1.82, 2.24) is 4.90 Å². The molecule has 1 amide bonds. The maximum absolute atomic E-state index is 12.3. The minimum absolute atomic E-state index is 0.156. The second-order valence-corrected chi connectivity index (χ2v) is 4.65. The van der Waals surface area contributed by atoms with Crippen molar-refractivity contribution in [1.29, 1.82) is 0 Å². The lowest BCUT2D eigenvalue weighted by Gasteiger charge is -2.24. The van der Waals surface area contributed by atoms with Crippen LogP contribution < -0.4 is 5.73 Å². The maximum atomic E-state index is 12.3. The van der Waals surface area contributed by atoms with Gasteiger partial charge in [0.25, 0.3) is 0 Å². The van der Waals surface area contributed by atoms with Gasteiger partial charge in [-0.3, -0.25) is 4.79 Å². The summed E-state index contributed by atoms with van der Waals surface area (Å²) in [5.41, 5.74) is 5.38. The van der Waals surface area contributed by atoms with Gasteiger partial charge >= 0.3 is 6.18 Å². The molecule has 18 heavy (non-hydrogen) atoms. The van der Waals surface area contributed by atoms with E-state index < -0.39 is 18.6 Å². The number of alkyl halides is 3. The normalized spacial score (nSPS) is 13.4. The van der Waals surface area contributed by atoms with Crippen LogP contribution in [0.3, 0.4) is 0 Å². The van der Waals surface area contributed by atoms with Gasteiger partial charge in [0.05, 0.1) is 0 Å². The molecular formula is C12H23F3N2O.